The number of benzene rings is 2. The third-order valence-electron chi connectivity index (χ3n) is 4.82. The van der Waals surface area contributed by atoms with E-state index in [1.54, 1.807) is 12.1 Å². The van der Waals surface area contributed by atoms with Crippen molar-refractivity contribution in [3.8, 4) is 5.75 Å². The van der Waals surface area contributed by atoms with Crippen molar-refractivity contribution in [3.05, 3.63) is 59.8 Å². The Hall–Kier alpha value is -2.31. The van der Waals surface area contributed by atoms with Gasteiger partial charge in [0.2, 0.25) is 0 Å². The van der Waals surface area contributed by atoms with Crippen LogP contribution in [0.1, 0.15) is 40.0 Å². The van der Waals surface area contributed by atoms with Crippen LogP contribution in [-0.4, -0.2) is 27.6 Å². The lowest BCUT2D eigenvalue weighted by Crippen LogP contribution is -2.25. The number of para-hydroxylation sites is 1. The van der Waals surface area contributed by atoms with E-state index in [1.165, 1.54) is 0 Å². The lowest BCUT2D eigenvalue weighted by Gasteiger charge is -2.28. The van der Waals surface area contributed by atoms with Crippen LogP contribution in [0.5, 0.6) is 5.75 Å². The predicted molar refractivity (Wildman–Crippen MR) is 128 cm³/mol. The summed E-state index contributed by atoms with van der Waals surface area (Å²) in [4.78, 5) is 13.5. The van der Waals surface area contributed by atoms with Gasteiger partial charge in [-0.3, -0.25) is 4.21 Å². The first-order valence-corrected chi connectivity index (χ1v) is 12.3. The van der Waals surface area contributed by atoms with Gasteiger partial charge in [-0.05, 0) is 30.5 Å². The number of nitrogens with zero attached hydrogens (tertiary/aromatic N) is 1. The van der Waals surface area contributed by atoms with Crippen LogP contribution >= 0.6 is 11.6 Å². The fraction of sp³-hybridized carbons (Fsp3) is 0.375. The van der Waals surface area contributed by atoms with Gasteiger partial charge in [-0.1, -0.05) is 63.4 Å². The zero-order chi connectivity index (χ0) is 22.8. The number of fused-ring (bicyclic) bond motifs is 1. The minimum atomic E-state index is -1.21. The topological polar surface area (TPSA) is 66.8 Å². The van der Waals surface area contributed by atoms with Gasteiger partial charge in [-0.15, -0.1) is 0 Å². The molecule has 1 heterocycles. The SMILES string of the molecule is CC.CCCCC1CN(c2ccccc2)c2cc(Cl)c(O/C=C/C(=O)O)cc2S(=O)C1. The summed E-state index contributed by atoms with van der Waals surface area (Å²) in [5, 5.41) is 9.07. The predicted octanol–water partition coefficient (Wildman–Crippen LogP) is 6.41. The van der Waals surface area contributed by atoms with E-state index in [0.717, 1.165) is 49.5 Å². The molecule has 0 saturated heterocycles. The van der Waals surface area contributed by atoms with Crippen molar-refractivity contribution in [2.45, 2.75) is 44.9 Å². The molecule has 0 fully saturated rings. The summed E-state index contributed by atoms with van der Waals surface area (Å²) >= 11 is 6.42. The molecule has 5 nitrogen and oxygen atoms in total. The molecular formula is C24H30ClNO4S. The van der Waals surface area contributed by atoms with E-state index in [9.17, 15) is 9.00 Å². The van der Waals surface area contributed by atoms with Crippen LogP contribution < -0.4 is 9.64 Å². The number of unbranched alkanes of at least 4 members (excludes halogenated alkanes) is 1. The number of carboxylic acid groups (broad SMARTS) is 1. The molecule has 1 aliphatic rings. The fourth-order valence-electron chi connectivity index (χ4n) is 3.41. The maximum atomic E-state index is 13.2. The highest BCUT2D eigenvalue weighted by Crippen LogP contribution is 2.41. The molecule has 0 aliphatic carbocycles. The summed E-state index contributed by atoms with van der Waals surface area (Å²) in [5.41, 5.74) is 1.82. The van der Waals surface area contributed by atoms with Gasteiger partial charge in [0, 0.05) is 24.1 Å². The zero-order valence-electron chi connectivity index (χ0n) is 18.2. The molecule has 1 N–H and O–H groups in total. The number of rotatable bonds is 7. The number of carboxylic acids is 1. The van der Waals surface area contributed by atoms with Crippen molar-refractivity contribution in [2.24, 2.45) is 5.92 Å². The molecule has 2 atom stereocenters. The van der Waals surface area contributed by atoms with Gasteiger partial charge in [0.25, 0.3) is 0 Å². The van der Waals surface area contributed by atoms with Crippen LogP contribution in [0.4, 0.5) is 11.4 Å². The summed E-state index contributed by atoms with van der Waals surface area (Å²) < 4.78 is 18.6. The first kappa shape index (κ1) is 25.0. The second-order valence-electron chi connectivity index (χ2n) is 6.98. The van der Waals surface area contributed by atoms with Crippen LogP contribution in [0.3, 0.4) is 0 Å². The van der Waals surface area contributed by atoms with E-state index in [4.69, 9.17) is 21.4 Å². The molecule has 0 bridgehead atoms. The Balaban J connectivity index is 0.00000166. The Kier molecular flexibility index (Phi) is 10.1. The quantitative estimate of drug-likeness (QED) is 0.379. The minimum Gasteiger partial charge on any atom is -0.478 e. The van der Waals surface area contributed by atoms with E-state index >= 15 is 0 Å². The lowest BCUT2D eigenvalue weighted by atomic mass is 10.0. The van der Waals surface area contributed by atoms with Crippen LogP contribution in [-0.2, 0) is 15.6 Å². The van der Waals surface area contributed by atoms with Gasteiger partial charge >= 0.3 is 5.97 Å². The smallest absolute Gasteiger partial charge is 0.331 e. The Morgan fingerprint density at radius 2 is 2.00 bits per heavy atom. The van der Waals surface area contributed by atoms with E-state index in [1.807, 2.05) is 44.2 Å². The van der Waals surface area contributed by atoms with Crippen molar-refractivity contribution >= 4 is 39.7 Å². The number of ether oxygens (including phenoxy) is 1. The van der Waals surface area contributed by atoms with E-state index in [0.29, 0.717) is 21.6 Å². The molecule has 3 rings (SSSR count). The number of hydrogen-bond acceptors (Lipinski definition) is 4. The highest BCUT2D eigenvalue weighted by Gasteiger charge is 2.28. The monoisotopic (exact) mass is 463 g/mol. The zero-order valence-corrected chi connectivity index (χ0v) is 19.8. The van der Waals surface area contributed by atoms with Gasteiger partial charge in [-0.2, -0.15) is 0 Å². The summed E-state index contributed by atoms with van der Waals surface area (Å²) in [6, 6.07) is 13.4. The molecule has 2 aromatic carbocycles. The summed E-state index contributed by atoms with van der Waals surface area (Å²) in [6.07, 6.45) is 5.15. The third-order valence-corrected chi connectivity index (χ3v) is 6.70. The van der Waals surface area contributed by atoms with Crippen LogP contribution in [0.15, 0.2) is 59.7 Å². The van der Waals surface area contributed by atoms with Crippen LogP contribution in [0.25, 0.3) is 0 Å². The van der Waals surface area contributed by atoms with Gasteiger partial charge in [0.15, 0.2) is 0 Å². The van der Waals surface area contributed by atoms with E-state index < -0.39 is 16.8 Å². The minimum absolute atomic E-state index is 0.288. The Bertz CT molecular complexity index is 917. The fourth-order valence-corrected chi connectivity index (χ4v) is 5.13. The molecule has 1 aliphatic heterocycles. The standard InChI is InChI=1S/C22H24ClNO4S.C2H6/c1-2-3-7-16-14-24(17-8-5-4-6-9-17)19-12-18(23)20(28-11-10-22(25)26)13-21(19)29(27)15-16;1-2/h4-6,8-13,16H,2-3,7,14-15H2,1H3,(H,25,26);1-2H3/b11-10+;. The summed E-state index contributed by atoms with van der Waals surface area (Å²) in [5.74, 6) is 0.0331. The third kappa shape index (κ3) is 6.84. The number of carbonyl (C=O) groups is 1. The second kappa shape index (κ2) is 12.5. The molecule has 31 heavy (non-hydrogen) atoms. The first-order chi connectivity index (χ1) is 15.0. The Morgan fingerprint density at radius 1 is 1.29 bits per heavy atom. The Morgan fingerprint density at radius 3 is 2.65 bits per heavy atom. The van der Waals surface area contributed by atoms with E-state index in [2.05, 4.69) is 11.8 Å². The lowest BCUT2D eigenvalue weighted by molar-refractivity contribution is -0.131. The summed E-state index contributed by atoms with van der Waals surface area (Å²) in [7, 11) is -1.21. The number of hydrogen-bond donors (Lipinski definition) is 1. The van der Waals surface area contributed by atoms with Crippen molar-refractivity contribution < 1.29 is 18.8 Å². The molecule has 0 radical (unpaired) electrons. The molecular weight excluding hydrogens is 434 g/mol. The largest absolute Gasteiger partial charge is 0.478 e. The maximum absolute atomic E-state index is 13.2. The average molecular weight is 464 g/mol. The number of aliphatic carboxylic acids is 1. The van der Waals surface area contributed by atoms with Crippen molar-refractivity contribution in [3.63, 3.8) is 0 Å². The highest BCUT2D eigenvalue weighted by atomic mass is 35.5. The van der Waals surface area contributed by atoms with Crippen molar-refractivity contribution in [2.75, 3.05) is 17.2 Å². The molecule has 0 amide bonds. The number of halogens is 1. The van der Waals surface area contributed by atoms with Gasteiger partial charge in [-0.25, -0.2) is 4.79 Å². The normalized spacial score (nSPS) is 18.0. The van der Waals surface area contributed by atoms with Gasteiger partial charge < -0.3 is 14.7 Å². The van der Waals surface area contributed by atoms with Crippen molar-refractivity contribution in [1.82, 2.24) is 0 Å². The van der Waals surface area contributed by atoms with E-state index in [-0.39, 0.29) is 5.75 Å². The molecule has 2 unspecified atom stereocenters. The van der Waals surface area contributed by atoms with Crippen molar-refractivity contribution in [1.29, 1.82) is 0 Å². The van der Waals surface area contributed by atoms with Crippen LogP contribution in [0.2, 0.25) is 5.02 Å². The molecule has 0 saturated carbocycles. The van der Waals surface area contributed by atoms with Gasteiger partial charge in [0.1, 0.15) is 5.75 Å². The molecule has 0 spiro atoms. The Labute approximate surface area is 192 Å². The van der Waals surface area contributed by atoms with Crippen LogP contribution in [0, 0.1) is 5.92 Å². The second-order valence-corrected chi connectivity index (χ2v) is 8.85. The molecule has 7 heteroatoms. The highest BCUT2D eigenvalue weighted by molar-refractivity contribution is 7.85. The first-order valence-electron chi connectivity index (χ1n) is 10.6. The molecule has 168 valence electrons. The average Bonchev–Trinajstić information content (AvgIpc) is 2.90. The number of anilines is 2. The molecule has 2 aromatic rings. The molecule has 0 aromatic heterocycles. The van der Waals surface area contributed by atoms with Gasteiger partial charge in [0.05, 0.1) is 38.7 Å². The maximum Gasteiger partial charge on any atom is 0.331 e. The summed E-state index contributed by atoms with van der Waals surface area (Å²) in [6.45, 7) is 6.92.